The van der Waals surface area contributed by atoms with E-state index in [1.165, 1.54) is 6.33 Å². The SMILES string of the molecule is COCC(C)Nc1ncnc(Nc2ccc(Br)cn2)c1[N+](=O)[O-]. The lowest BCUT2D eigenvalue weighted by Gasteiger charge is -2.14. The molecule has 0 bridgehead atoms. The van der Waals surface area contributed by atoms with E-state index in [4.69, 9.17) is 4.74 Å². The van der Waals surface area contributed by atoms with Gasteiger partial charge in [-0.1, -0.05) is 0 Å². The number of pyridine rings is 1. The maximum atomic E-state index is 11.4. The third-order valence-electron chi connectivity index (χ3n) is 2.78. The predicted octanol–water partition coefficient (Wildman–Crippen LogP) is 2.73. The van der Waals surface area contributed by atoms with Crippen molar-refractivity contribution in [3.8, 4) is 0 Å². The number of anilines is 3. The fraction of sp³-hybridized carbons (Fsp3) is 0.308. The molecule has 0 amide bonds. The highest BCUT2D eigenvalue weighted by Gasteiger charge is 2.24. The standard InChI is InChI=1S/C13H15BrN6O3/c1-8(6-23-2)18-12-11(20(21)22)13(17-7-16-12)19-10-4-3-9(14)5-15-10/h3-5,7-8H,6H2,1-2H3,(H2,15,16,17,18,19). The van der Waals surface area contributed by atoms with Crippen LogP contribution < -0.4 is 10.6 Å². The number of rotatable bonds is 7. The van der Waals surface area contributed by atoms with Gasteiger partial charge in [0.05, 0.1) is 11.5 Å². The van der Waals surface area contributed by atoms with Gasteiger partial charge in [-0.15, -0.1) is 0 Å². The molecule has 2 rings (SSSR count). The molecule has 2 aromatic rings. The average Bonchev–Trinajstić information content (AvgIpc) is 2.49. The van der Waals surface area contributed by atoms with Gasteiger partial charge in [0.25, 0.3) is 0 Å². The summed E-state index contributed by atoms with van der Waals surface area (Å²) in [4.78, 5) is 22.9. The van der Waals surface area contributed by atoms with Gasteiger partial charge in [-0.05, 0) is 35.0 Å². The van der Waals surface area contributed by atoms with Crippen molar-refractivity contribution < 1.29 is 9.66 Å². The lowest BCUT2D eigenvalue weighted by Crippen LogP contribution is -2.22. The molecular formula is C13H15BrN6O3. The molecule has 2 heterocycles. The minimum atomic E-state index is -0.539. The molecule has 9 nitrogen and oxygen atoms in total. The first-order valence-corrected chi connectivity index (χ1v) is 7.44. The van der Waals surface area contributed by atoms with Crippen LogP contribution in [0.25, 0.3) is 0 Å². The molecule has 2 N–H and O–H groups in total. The monoisotopic (exact) mass is 382 g/mol. The summed E-state index contributed by atoms with van der Waals surface area (Å²) in [6, 6.07) is 3.30. The highest BCUT2D eigenvalue weighted by atomic mass is 79.9. The summed E-state index contributed by atoms with van der Waals surface area (Å²) < 4.78 is 5.81. The van der Waals surface area contributed by atoms with Crippen LogP contribution in [0, 0.1) is 10.1 Å². The van der Waals surface area contributed by atoms with Crippen LogP contribution >= 0.6 is 15.9 Å². The molecule has 1 atom stereocenters. The van der Waals surface area contributed by atoms with Crippen LogP contribution in [0.3, 0.4) is 0 Å². The summed E-state index contributed by atoms with van der Waals surface area (Å²) in [6.45, 7) is 2.22. The Hall–Kier alpha value is -2.33. The van der Waals surface area contributed by atoms with Crippen LogP contribution in [0.1, 0.15) is 6.92 Å². The minimum absolute atomic E-state index is 0.0620. The fourth-order valence-electron chi connectivity index (χ4n) is 1.84. The highest BCUT2D eigenvalue weighted by Crippen LogP contribution is 2.31. The number of methoxy groups -OCH3 is 1. The first-order chi connectivity index (χ1) is 11.0. The molecule has 0 radical (unpaired) electrons. The van der Waals surface area contributed by atoms with Gasteiger partial charge >= 0.3 is 5.69 Å². The molecule has 1 unspecified atom stereocenters. The largest absolute Gasteiger partial charge is 0.383 e. The van der Waals surface area contributed by atoms with E-state index < -0.39 is 4.92 Å². The fourth-order valence-corrected chi connectivity index (χ4v) is 2.08. The lowest BCUT2D eigenvalue weighted by atomic mass is 10.3. The molecule has 0 aliphatic rings. The summed E-state index contributed by atoms with van der Waals surface area (Å²) >= 11 is 3.28. The zero-order chi connectivity index (χ0) is 16.8. The molecule has 0 saturated carbocycles. The molecular weight excluding hydrogens is 368 g/mol. The third kappa shape index (κ3) is 4.57. The molecule has 0 fully saturated rings. The Kier molecular flexibility index (Phi) is 5.77. The maximum Gasteiger partial charge on any atom is 0.353 e. The van der Waals surface area contributed by atoms with Gasteiger partial charge < -0.3 is 15.4 Å². The normalized spacial score (nSPS) is 11.8. The topological polar surface area (TPSA) is 115 Å². The summed E-state index contributed by atoms with van der Waals surface area (Å²) in [7, 11) is 1.55. The quantitative estimate of drug-likeness (QED) is 0.554. The number of nitro groups is 1. The van der Waals surface area contributed by atoms with Gasteiger partial charge in [-0.25, -0.2) is 15.0 Å². The average molecular weight is 383 g/mol. The number of hydrogen-bond acceptors (Lipinski definition) is 8. The highest BCUT2D eigenvalue weighted by molar-refractivity contribution is 9.10. The van der Waals surface area contributed by atoms with E-state index in [0.29, 0.717) is 12.4 Å². The van der Waals surface area contributed by atoms with E-state index >= 15 is 0 Å². The van der Waals surface area contributed by atoms with Gasteiger partial charge in [0, 0.05) is 23.8 Å². The molecule has 0 saturated heterocycles. The van der Waals surface area contributed by atoms with Crippen LogP contribution in [-0.4, -0.2) is 39.6 Å². The maximum absolute atomic E-state index is 11.4. The first kappa shape index (κ1) is 17.0. The van der Waals surface area contributed by atoms with E-state index in [0.717, 1.165) is 4.47 Å². The molecule has 0 aromatic carbocycles. The second-order valence-electron chi connectivity index (χ2n) is 4.66. The Morgan fingerprint density at radius 1 is 1.35 bits per heavy atom. The number of nitrogens with zero attached hydrogens (tertiary/aromatic N) is 4. The zero-order valence-corrected chi connectivity index (χ0v) is 14.1. The van der Waals surface area contributed by atoms with Crippen molar-refractivity contribution in [2.75, 3.05) is 24.4 Å². The van der Waals surface area contributed by atoms with Gasteiger partial charge in [-0.2, -0.15) is 0 Å². The van der Waals surface area contributed by atoms with E-state index in [1.807, 2.05) is 6.92 Å². The Labute approximate surface area is 140 Å². The second kappa shape index (κ2) is 7.79. The summed E-state index contributed by atoms with van der Waals surface area (Å²) in [5.41, 5.74) is -0.250. The van der Waals surface area contributed by atoms with Crippen molar-refractivity contribution in [2.24, 2.45) is 0 Å². The molecule has 10 heteroatoms. The van der Waals surface area contributed by atoms with E-state index in [-0.39, 0.29) is 23.4 Å². The number of aromatic nitrogens is 3. The summed E-state index contributed by atoms with van der Waals surface area (Å²) in [5, 5.41) is 17.2. The Morgan fingerprint density at radius 3 is 2.70 bits per heavy atom. The van der Waals surface area contributed by atoms with Crippen molar-refractivity contribution in [1.82, 2.24) is 15.0 Å². The third-order valence-corrected chi connectivity index (χ3v) is 3.25. The van der Waals surface area contributed by atoms with Crippen LogP contribution in [0.2, 0.25) is 0 Å². The van der Waals surface area contributed by atoms with E-state index in [9.17, 15) is 10.1 Å². The number of hydrogen-bond donors (Lipinski definition) is 2. The van der Waals surface area contributed by atoms with Gasteiger partial charge in [-0.3, -0.25) is 10.1 Å². The second-order valence-corrected chi connectivity index (χ2v) is 5.58. The van der Waals surface area contributed by atoms with E-state index in [2.05, 4.69) is 41.5 Å². The lowest BCUT2D eigenvalue weighted by molar-refractivity contribution is -0.383. The van der Waals surface area contributed by atoms with Crippen molar-refractivity contribution in [2.45, 2.75) is 13.0 Å². The van der Waals surface area contributed by atoms with Gasteiger partial charge in [0.2, 0.25) is 11.6 Å². The van der Waals surface area contributed by atoms with Crippen molar-refractivity contribution in [3.63, 3.8) is 0 Å². The molecule has 0 spiro atoms. The van der Waals surface area contributed by atoms with Crippen molar-refractivity contribution in [1.29, 1.82) is 0 Å². The molecule has 0 aliphatic heterocycles. The van der Waals surface area contributed by atoms with E-state index in [1.54, 1.807) is 25.4 Å². The van der Waals surface area contributed by atoms with Crippen LogP contribution in [-0.2, 0) is 4.74 Å². The smallest absolute Gasteiger partial charge is 0.353 e. The number of nitrogens with one attached hydrogen (secondary N) is 2. The minimum Gasteiger partial charge on any atom is -0.383 e. The first-order valence-electron chi connectivity index (χ1n) is 6.64. The Balaban J connectivity index is 2.31. The zero-order valence-electron chi connectivity index (χ0n) is 12.5. The van der Waals surface area contributed by atoms with Crippen molar-refractivity contribution in [3.05, 3.63) is 39.2 Å². The summed E-state index contributed by atoms with van der Waals surface area (Å²) in [5.74, 6) is 0.618. The molecule has 2 aromatic heterocycles. The molecule has 0 aliphatic carbocycles. The molecule has 23 heavy (non-hydrogen) atoms. The Morgan fingerprint density at radius 2 is 2.09 bits per heavy atom. The Bertz CT molecular complexity index is 682. The number of halogens is 1. The summed E-state index contributed by atoms with van der Waals surface area (Å²) in [6.07, 6.45) is 2.82. The predicted molar refractivity (Wildman–Crippen MR) is 88.9 cm³/mol. The van der Waals surface area contributed by atoms with Gasteiger partial charge in [0.1, 0.15) is 12.1 Å². The van der Waals surface area contributed by atoms with Crippen LogP contribution in [0.15, 0.2) is 29.1 Å². The van der Waals surface area contributed by atoms with Gasteiger partial charge in [0.15, 0.2) is 0 Å². The van der Waals surface area contributed by atoms with Crippen molar-refractivity contribution >= 4 is 39.1 Å². The molecule has 122 valence electrons. The van der Waals surface area contributed by atoms with Crippen LogP contribution in [0.5, 0.6) is 0 Å². The number of ether oxygens (including phenoxy) is 1. The van der Waals surface area contributed by atoms with Crippen LogP contribution in [0.4, 0.5) is 23.1 Å².